The minimum Gasteiger partial charge on any atom is -0.370 e. The van der Waals surface area contributed by atoms with Crippen LogP contribution in [-0.2, 0) is 0 Å². The SMILES string of the molecule is O=C(c1ccc(-n2ccnc2)cc1)N1CCCN(c2ccc(F)cc2)CC1. The molecule has 0 bridgehead atoms. The third-order valence-electron chi connectivity index (χ3n) is 4.89. The Morgan fingerprint density at radius 2 is 1.63 bits per heavy atom. The summed E-state index contributed by atoms with van der Waals surface area (Å²) in [7, 11) is 0. The summed E-state index contributed by atoms with van der Waals surface area (Å²) in [5.41, 5.74) is 2.66. The summed E-state index contributed by atoms with van der Waals surface area (Å²) in [6, 6.07) is 14.1. The highest BCUT2D eigenvalue weighted by molar-refractivity contribution is 5.94. The average molecular weight is 364 g/mol. The summed E-state index contributed by atoms with van der Waals surface area (Å²) in [5.74, 6) is -0.183. The summed E-state index contributed by atoms with van der Waals surface area (Å²) in [5, 5.41) is 0. The molecule has 1 amide bonds. The zero-order chi connectivity index (χ0) is 18.6. The second-order valence-electron chi connectivity index (χ2n) is 6.63. The molecule has 0 aliphatic carbocycles. The number of carbonyl (C=O) groups excluding carboxylic acids is 1. The lowest BCUT2D eigenvalue weighted by Crippen LogP contribution is -2.35. The normalized spacial score (nSPS) is 14.9. The first-order chi connectivity index (χ1) is 13.2. The van der Waals surface area contributed by atoms with E-state index < -0.39 is 0 Å². The third kappa shape index (κ3) is 3.84. The van der Waals surface area contributed by atoms with E-state index in [1.54, 1.807) is 24.7 Å². The number of aromatic nitrogens is 2. The molecule has 1 aromatic heterocycles. The number of hydrogen-bond donors (Lipinski definition) is 0. The van der Waals surface area contributed by atoms with Crippen LogP contribution in [-0.4, -0.2) is 46.5 Å². The molecule has 5 nitrogen and oxygen atoms in total. The number of benzene rings is 2. The summed E-state index contributed by atoms with van der Waals surface area (Å²) in [4.78, 5) is 21.0. The van der Waals surface area contributed by atoms with Crippen LogP contribution in [0, 0.1) is 5.82 Å². The molecule has 2 heterocycles. The van der Waals surface area contributed by atoms with Gasteiger partial charge in [0.15, 0.2) is 0 Å². The van der Waals surface area contributed by atoms with E-state index in [2.05, 4.69) is 9.88 Å². The highest BCUT2D eigenvalue weighted by Gasteiger charge is 2.20. The van der Waals surface area contributed by atoms with Gasteiger partial charge >= 0.3 is 0 Å². The standard InChI is InChI=1S/C21H21FN4O/c22-18-4-8-19(9-5-18)24-11-1-12-25(15-14-24)21(27)17-2-6-20(7-3-17)26-13-10-23-16-26/h2-10,13,16H,1,11-12,14-15H2. The Hall–Kier alpha value is -3.15. The Balaban J connectivity index is 1.42. The fraction of sp³-hybridized carbons (Fsp3) is 0.238. The first-order valence-electron chi connectivity index (χ1n) is 9.09. The third-order valence-corrected chi connectivity index (χ3v) is 4.89. The zero-order valence-electron chi connectivity index (χ0n) is 15.0. The molecule has 6 heteroatoms. The van der Waals surface area contributed by atoms with Crippen LogP contribution in [0.1, 0.15) is 16.8 Å². The molecule has 3 aromatic rings. The Kier molecular flexibility index (Phi) is 4.87. The monoisotopic (exact) mass is 364 g/mol. The molecular weight excluding hydrogens is 343 g/mol. The summed E-state index contributed by atoms with van der Waals surface area (Å²) in [6.45, 7) is 2.97. The summed E-state index contributed by atoms with van der Waals surface area (Å²) >= 11 is 0. The van der Waals surface area contributed by atoms with E-state index in [0.717, 1.165) is 37.4 Å². The minimum atomic E-state index is -0.232. The molecular formula is C21H21FN4O. The van der Waals surface area contributed by atoms with Gasteiger partial charge in [0.25, 0.3) is 5.91 Å². The van der Waals surface area contributed by atoms with Gasteiger partial charge in [0.05, 0.1) is 6.33 Å². The fourth-order valence-corrected chi connectivity index (χ4v) is 3.40. The van der Waals surface area contributed by atoms with Crippen molar-refractivity contribution in [1.29, 1.82) is 0 Å². The molecule has 0 saturated carbocycles. The van der Waals surface area contributed by atoms with Gasteiger partial charge in [0, 0.05) is 55.5 Å². The van der Waals surface area contributed by atoms with Gasteiger partial charge in [-0.1, -0.05) is 0 Å². The van der Waals surface area contributed by atoms with Crippen molar-refractivity contribution < 1.29 is 9.18 Å². The number of amides is 1. The van der Waals surface area contributed by atoms with E-state index in [0.29, 0.717) is 12.1 Å². The van der Waals surface area contributed by atoms with E-state index in [4.69, 9.17) is 0 Å². The van der Waals surface area contributed by atoms with Crippen molar-refractivity contribution in [2.24, 2.45) is 0 Å². The smallest absolute Gasteiger partial charge is 0.253 e. The fourth-order valence-electron chi connectivity index (χ4n) is 3.40. The second-order valence-corrected chi connectivity index (χ2v) is 6.63. The van der Waals surface area contributed by atoms with Crippen molar-refractivity contribution in [1.82, 2.24) is 14.5 Å². The van der Waals surface area contributed by atoms with Crippen LogP contribution in [0.5, 0.6) is 0 Å². The first kappa shape index (κ1) is 17.3. The van der Waals surface area contributed by atoms with Gasteiger partial charge < -0.3 is 14.4 Å². The van der Waals surface area contributed by atoms with Gasteiger partial charge in [-0.15, -0.1) is 0 Å². The van der Waals surface area contributed by atoms with Gasteiger partial charge in [0.2, 0.25) is 0 Å². The maximum absolute atomic E-state index is 13.1. The van der Waals surface area contributed by atoms with Gasteiger partial charge in [-0.3, -0.25) is 4.79 Å². The number of nitrogens with zero attached hydrogens (tertiary/aromatic N) is 4. The lowest BCUT2D eigenvalue weighted by Gasteiger charge is -2.24. The Morgan fingerprint density at radius 1 is 0.889 bits per heavy atom. The van der Waals surface area contributed by atoms with Crippen LogP contribution in [0.25, 0.3) is 5.69 Å². The van der Waals surface area contributed by atoms with Crippen LogP contribution in [0.15, 0.2) is 67.3 Å². The molecule has 2 aromatic carbocycles. The molecule has 1 aliphatic heterocycles. The molecule has 138 valence electrons. The second kappa shape index (κ2) is 7.61. The number of carbonyl (C=O) groups is 1. The largest absolute Gasteiger partial charge is 0.370 e. The highest BCUT2D eigenvalue weighted by Crippen LogP contribution is 2.18. The van der Waals surface area contributed by atoms with Crippen LogP contribution in [0.3, 0.4) is 0 Å². The number of halogens is 1. The van der Waals surface area contributed by atoms with Crippen molar-refractivity contribution >= 4 is 11.6 Å². The predicted octanol–water partition coefficient (Wildman–Crippen LogP) is 3.36. The van der Waals surface area contributed by atoms with Crippen molar-refractivity contribution in [3.05, 3.63) is 78.6 Å². The molecule has 27 heavy (non-hydrogen) atoms. The summed E-state index contributed by atoms with van der Waals surface area (Å²) in [6.07, 6.45) is 6.21. The van der Waals surface area contributed by atoms with Crippen LogP contribution in [0.4, 0.5) is 10.1 Å². The molecule has 1 fully saturated rings. The Morgan fingerprint density at radius 3 is 2.33 bits per heavy atom. The molecule has 1 saturated heterocycles. The van der Waals surface area contributed by atoms with Crippen LogP contribution in [0.2, 0.25) is 0 Å². The van der Waals surface area contributed by atoms with Gasteiger partial charge in [-0.2, -0.15) is 0 Å². The van der Waals surface area contributed by atoms with E-state index in [-0.39, 0.29) is 11.7 Å². The van der Waals surface area contributed by atoms with E-state index in [9.17, 15) is 9.18 Å². The highest BCUT2D eigenvalue weighted by atomic mass is 19.1. The average Bonchev–Trinajstić information content (AvgIpc) is 3.13. The minimum absolute atomic E-state index is 0.0492. The predicted molar refractivity (Wildman–Crippen MR) is 103 cm³/mol. The van der Waals surface area contributed by atoms with E-state index in [1.807, 2.05) is 39.9 Å². The molecule has 0 spiro atoms. The van der Waals surface area contributed by atoms with Crippen molar-refractivity contribution in [2.45, 2.75) is 6.42 Å². The molecule has 0 unspecified atom stereocenters. The topological polar surface area (TPSA) is 41.4 Å². The Bertz CT molecular complexity index is 891. The summed E-state index contributed by atoms with van der Waals surface area (Å²) < 4.78 is 15.0. The van der Waals surface area contributed by atoms with Crippen molar-refractivity contribution in [3.8, 4) is 5.69 Å². The zero-order valence-corrected chi connectivity index (χ0v) is 15.0. The van der Waals surface area contributed by atoms with Crippen LogP contribution < -0.4 is 4.90 Å². The van der Waals surface area contributed by atoms with Crippen molar-refractivity contribution in [2.75, 3.05) is 31.1 Å². The lowest BCUT2D eigenvalue weighted by atomic mass is 10.1. The van der Waals surface area contributed by atoms with Gasteiger partial charge in [-0.25, -0.2) is 9.37 Å². The number of rotatable bonds is 3. The van der Waals surface area contributed by atoms with E-state index in [1.165, 1.54) is 12.1 Å². The molecule has 4 rings (SSSR count). The number of anilines is 1. The quantitative estimate of drug-likeness (QED) is 0.716. The van der Waals surface area contributed by atoms with Crippen LogP contribution >= 0.6 is 0 Å². The molecule has 0 atom stereocenters. The first-order valence-corrected chi connectivity index (χ1v) is 9.09. The van der Waals surface area contributed by atoms with E-state index >= 15 is 0 Å². The molecule has 0 N–H and O–H groups in total. The Labute approximate surface area is 157 Å². The van der Waals surface area contributed by atoms with Gasteiger partial charge in [-0.05, 0) is 55.0 Å². The lowest BCUT2D eigenvalue weighted by molar-refractivity contribution is 0.0767. The molecule has 0 radical (unpaired) electrons. The number of imidazole rings is 1. The maximum atomic E-state index is 13.1. The number of hydrogen-bond acceptors (Lipinski definition) is 3. The van der Waals surface area contributed by atoms with Crippen molar-refractivity contribution in [3.63, 3.8) is 0 Å². The van der Waals surface area contributed by atoms with Gasteiger partial charge in [0.1, 0.15) is 5.82 Å². The maximum Gasteiger partial charge on any atom is 0.253 e. The molecule has 1 aliphatic rings.